The first kappa shape index (κ1) is 15.9. The number of hydrogen-bond acceptors (Lipinski definition) is 3. The Morgan fingerprint density at radius 2 is 2.10 bits per heavy atom. The second-order valence-corrected chi connectivity index (χ2v) is 5.47. The molecule has 1 aliphatic heterocycles. The van der Waals surface area contributed by atoms with E-state index in [1.54, 1.807) is 12.1 Å². The number of carbonyl (C=O) groups is 1. The molecule has 21 heavy (non-hydrogen) atoms. The number of aliphatic hydroxyl groups excluding tert-OH is 1. The van der Waals surface area contributed by atoms with Gasteiger partial charge in [0.25, 0.3) is 0 Å². The van der Waals surface area contributed by atoms with Crippen molar-refractivity contribution in [2.45, 2.75) is 31.8 Å². The highest BCUT2D eigenvalue weighted by Gasteiger charge is 2.16. The lowest BCUT2D eigenvalue weighted by atomic mass is 10.1. The monoisotopic (exact) mass is 294 g/mol. The number of rotatable bonds is 6. The van der Waals surface area contributed by atoms with Gasteiger partial charge < -0.3 is 15.3 Å². The topological polar surface area (TPSA) is 52.6 Å². The molecule has 1 unspecified atom stereocenters. The van der Waals surface area contributed by atoms with E-state index in [-0.39, 0.29) is 11.7 Å². The van der Waals surface area contributed by atoms with Crippen molar-refractivity contribution in [3.8, 4) is 0 Å². The molecule has 0 bridgehead atoms. The van der Waals surface area contributed by atoms with Crippen molar-refractivity contribution in [2.75, 3.05) is 26.2 Å². The van der Waals surface area contributed by atoms with Crippen LogP contribution in [0.1, 0.15) is 37.4 Å². The summed E-state index contributed by atoms with van der Waals surface area (Å²) in [5, 5.41) is 13.0. The fourth-order valence-corrected chi connectivity index (χ4v) is 2.57. The highest BCUT2D eigenvalue weighted by Crippen LogP contribution is 2.13. The van der Waals surface area contributed by atoms with Crippen LogP contribution in [0.4, 0.5) is 4.39 Å². The number of piperidine rings is 1. The number of benzene rings is 1. The minimum atomic E-state index is -0.759. The first-order chi connectivity index (χ1) is 10.2. The zero-order valence-corrected chi connectivity index (χ0v) is 12.2. The largest absolute Gasteiger partial charge is 0.387 e. The van der Waals surface area contributed by atoms with Gasteiger partial charge in [-0.05, 0) is 37.0 Å². The number of aliphatic hydroxyl groups is 1. The maximum atomic E-state index is 13.0. The van der Waals surface area contributed by atoms with Gasteiger partial charge in [-0.25, -0.2) is 4.39 Å². The Morgan fingerprint density at radius 3 is 2.81 bits per heavy atom. The minimum absolute atomic E-state index is 0.169. The molecule has 0 spiro atoms. The fourth-order valence-electron chi connectivity index (χ4n) is 2.57. The number of hydrogen-bond donors (Lipinski definition) is 2. The summed E-state index contributed by atoms with van der Waals surface area (Å²) < 4.78 is 13.0. The maximum Gasteiger partial charge on any atom is 0.223 e. The first-order valence-electron chi connectivity index (χ1n) is 7.59. The van der Waals surface area contributed by atoms with Gasteiger partial charge in [0.15, 0.2) is 0 Å². The molecule has 5 heteroatoms. The van der Waals surface area contributed by atoms with Crippen molar-refractivity contribution < 1.29 is 14.3 Å². The van der Waals surface area contributed by atoms with Crippen LogP contribution in [-0.4, -0.2) is 42.1 Å². The predicted molar refractivity (Wildman–Crippen MR) is 79.3 cm³/mol. The van der Waals surface area contributed by atoms with Crippen LogP contribution in [0.2, 0.25) is 0 Å². The molecule has 1 aromatic rings. The summed E-state index contributed by atoms with van der Waals surface area (Å²) in [4.78, 5) is 13.8. The Bertz CT molecular complexity index is 461. The molecule has 116 valence electrons. The Hall–Kier alpha value is -1.46. The van der Waals surface area contributed by atoms with Gasteiger partial charge in [0.1, 0.15) is 5.82 Å². The van der Waals surface area contributed by atoms with Crippen LogP contribution in [0.25, 0.3) is 0 Å². The van der Waals surface area contributed by atoms with Crippen LogP contribution >= 0.6 is 0 Å². The van der Waals surface area contributed by atoms with Crippen molar-refractivity contribution in [3.63, 3.8) is 0 Å². The Kier molecular flexibility index (Phi) is 6.14. The average Bonchev–Trinajstić information content (AvgIpc) is 2.52. The number of halogens is 1. The van der Waals surface area contributed by atoms with Gasteiger partial charge in [0, 0.05) is 32.6 Å². The Balaban J connectivity index is 1.66. The van der Waals surface area contributed by atoms with Crippen molar-refractivity contribution in [3.05, 3.63) is 35.6 Å². The molecule has 2 rings (SSSR count). The molecule has 0 saturated carbocycles. The zero-order chi connectivity index (χ0) is 15.1. The third kappa shape index (κ3) is 5.10. The summed E-state index contributed by atoms with van der Waals surface area (Å²) in [5.41, 5.74) is 0.546. The molecule has 1 atom stereocenters. The molecule has 1 fully saturated rings. The number of nitrogens with one attached hydrogen (secondary N) is 1. The summed E-state index contributed by atoms with van der Waals surface area (Å²) in [6.07, 6.45) is 3.08. The van der Waals surface area contributed by atoms with Gasteiger partial charge in [-0.2, -0.15) is 0 Å². The van der Waals surface area contributed by atoms with E-state index in [0.29, 0.717) is 25.1 Å². The highest BCUT2D eigenvalue weighted by atomic mass is 19.1. The van der Waals surface area contributed by atoms with Crippen LogP contribution in [0.15, 0.2) is 24.3 Å². The lowest BCUT2D eigenvalue weighted by Crippen LogP contribution is -2.37. The molecule has 1 saturated heterocycles. The molecule has 0 aromatic heterocycles. The van der Waals surface area contributed by atoms with Gasteiger partial charge >= 0.3 is 0 Å². The summed E-state index contributed by atoms with van der Waals surface area (Å²) in [6.45, 7) is 2.58. The minimum Gasteiger partial charge on any atom is -0.387 e. The van der Waals surface area contributed by atoms with Crippen LogP contribution in [-0.2, 0) is 4.79 Å². The summed E-state index contributed by atoms with van der Waals surface area (Å²) in [5.74, 6) is -0.186. The van der Waals surface area contributed by atoms with Gasteiger partial charge in [-0.3, -0.25) is 4.79 Å². The van der Waals surface area contributed by atoms with E-state index >= 15 is 0 Å². The Labute approximate surface area is 125 Å². The maximum absolute atomic E-state index is 13.0. The SMILES string of the molecule is O=C(CCNCC(O)c1cccc(F)c1)N1CCCCC1. The molecule has 0 aliphatic carbocycles. The molecule has 1 amide bonds. The smallest absolute Gasteiger partial charge is 0.223 e. The molecule has 4 nitrogen and oxygen atoms in total. The lowest BCUT2D eigenvalue weighted by Gasteiger charge is -2.26. The predicted octanol–water partition coefficient (Wildman–Crippen LogP) is 1.85. The van der Waals surface area contributed by atoms with Crippen molar-refractivity contribution in [1.29, 1.82) is 0 Å². The van der Waals surface area contributed by atoms with E-state index in [0.717, 1.165) is 25.9 Å². The third-order valence-corrected chi connectivity index (χ3v) is 3.80. The standard InChI is InChI=1S/C16H23FN2O2/c17-14-6-4-5-13(11-14)15(20)12-18-8-7-16(21)19-9-2-1-3-10-19/h4-6,11,15,18,20H,1-3,7-10,12H2. The molecule has 0 radical (unpaired) electrons. The lowest BCUT2D eigenvalue weighted by molar-refractivity contribution is -0.132. The number of nitrogens with zero attached hydrogens (tertiary/aromatic N) is 1. The quantitative estimate of drug-likeness (QED) is 0.787. The number of likely N-dealkylation sites (tertiary alicyclic amines) is 1. The van der Waals surface area contributed by atoms with Gasteiger partial charge in [-0.1, -0.05) is 12.1 Å². The second kappa shape index (κ2) is 8.10. The van der Waals surface area contributed by atoms with Crippen LogP contribution in [0.5, 0.6) is 0 Å². The Morgan fingerprint density at radius 1 is 1.33 bits per heavy atom. The first-order valence-corrected chi connectivity index (χ1v) is 7.59. The highest BCUT2D eigenvalue weighted by molar-refractivity contribution is 5.76. The van der Waals surface area contributed by atoms with Gasteiger partial charge in [0.2, 0.25) is 5.91 Å². The molecule has 1 aromatic carbocycles. The van der Waals surface area contributed by atoms with Crippen molar-refractivity contribution >= 4 is 5.91 Å². The van der Waals surface area contributed by atoms with Crippen LogP contribution in [0.3, 0.4) is 0 Å². The molecular formula is C16H23FN2O2. The second-order valence-electron chi connectivity index (χ2n) is 5.47. The normalized spacial score (nSPS) is 16.8. The number of amides is 1. The van der Waals surface area contributed by atoms with E-state index in [4.69, 9.17) is 0 Å². The molecule has 1 aliphatic rings. The van der Waals surface area contributed by atoms with E-state index < -0.39 is 6.10 Å². The summed E-state index contributed by atoms with van der Waals surface area (Å²) in [6, 6.07) is 5.94. The summed E-state index contributed by atoms with van der Waals surface area (Å²) in [7, 11) is 0. The van der Waals surface area contributed by atoms with Gasteiger partial charge in [-0.15, -0.1) is 0 Å². The van der Waals surface area contributed by atoms with Crippen LogP contribution < -0.4 is 5.32 Å². The molecule has 2 N–H and O–H groups in total. The van der Waals surface area contributed by atoms with E-state index in [2.05, 4.69) is 5.32 Å². The molecule has 1 heterocycles. The van der Waals surface area contributed by atoms with E-state index in [1.165, 1.54) is 18.6 Å². The van der Waals surface area contributed by atoms with E-state index in [9.17, 15) is 14.3 Å². The van der Waals surface area contributed by atoms with Crippen molar-refractivity contribution in [2.24, 2.45) is 0 Å². The summed E-state index contributed by atoms with van der Waals surface area (Å²) >= 11 is 0. The fraction of sp³-hybridized carbons (Fsp3) is 0.562. The third-order valence-electron chi connectivity index (χ3n) is 3.80. The van der Waals surface area contributed by atoms with Crippen LogP contribution in [0, 0.1) is 5.82 Å². The zero-order valence-electron chi connectivity index (χ0n) is 12.2. The average molecular weight is 294 g/mol. The molecular weight excluding hydrogens is 271 g/mol. The van der Waals surface area contributed by atoms with E-state index in [1.807, 2.05) is 4.90 Å². The number of carbonyl (C=O) groups excluding carboxylic acids is 1. The van der Waals surface area contributed by atoms with Gasteiger partial charge in [0.05, 0.1) is 6.10 Å². The van der Waals surface area contributed by atoms with Crippen molar-refractivity contribution in [1.82, 2.24) is 10.2 Å².